The van der Waals surface area contributed by atoms with Crippen molar-refractivity contribution in [1.82, 2.24) is 5.32 Å². The van der Waals surface area contributed by atoms with Crippen LogP contribution in [0.15, 0.2) is 24.3 Å². The summed E-state index contributed by atoms with van der Waals surface area (Å²) in [7, 11) is -2.98. The number of amides is 2. The van der Waals surface area contributed by atoms with Crippen LogP contribution in [0.1, 0.15) is 19.8 Å². The quantitative estimate of drug-likeness (QED) is 0.709. The van der Waals surface area contributed by atoms with Gasteiger partial charge in [0.15, 0.2) is 9.84 Å². The number of anilines is 2. The molecule has 1 aliphatic rings. The third-order valence-electron chi connectivity index (χ3n) is 3.48. The minimum absolute atomic E-state index is 0.0385. The summed E-state index contributed by atoms with van der Waals surface area (Å²) in [6, 6.07) is 6.91. The zero-order valence-electron chi connectivity index (χ0n) is 13.0. The summed E-state index contributed by atoms with van der Waals surface area (Å²) in [6.07, 6.45) is 0.760. The fourth-order valence-corrected chi connectivity index (χ4v) is 4.08. The van der Waals surface area contributed by atoms with Gasteiger partial charge in [-0.05, 0) is 30.7 Å². The second-order valence-corrected chi connectivity index (χ2v) is 7.83. The summed E-state index contributed by atoms with van der Waals surface area (Å²) in [5.41, 5.74) is 1.55. The zero-order chi connectivity index (χ0) is 16.9. The first kappa shape index (κ1) is 17.3. The van der Waals surface area contributed by atoms with Crippen molar-refractivity contribution in [3.63, 3.8) is 0 Å². The molecule has 2 amide bonds. The highest BCUT2D eigenvalue weighted by atomic mass is 32.2. The van der Waals surface area contributed by atoms with Crippen LogP contribution in [-0.2, 0) is 19.4 Å². The van der Waals surface area contributed by atoms with Crippen LogP contribution in [0, 0.1) is 0 Å². The Balaban J connectivity index is 1.70. The minimum atomic E-state index is -2.98. The molecule has 1 aromatic rings. The van der Waals surface area contributed by atoms with Gasteiger partial charge in [-0.3, -0.25) is 9.59 Å². The number of carbonyl (C=O) groups is 2. The van der Waals surface area contributed by atoms with Crippen LogP contribution < -0.4 is 16.0 Å². The molecule has 7 nitrogen and oxygen atoms in total. The third kappa shape index (κ3) is 5.90. The van der Waals surface area contributed by atoms with Crippen molar-refractivity contribution < 1.29 is 18.0 Å². The van der Waals surface area contributed by atoms with Crippen molar-refractivity contribution in [3.8, 4) is 0 Å². The average Bonchev–Trinajstić information content (AvgIpc) is 2.79. The lowest BCUT2D eigenvalue weighted by Gasteiger charge is -2.11. The maximum atomic E-state index is 11.8. The lowest BCUT2D eigenvalue weighted by Crippen LogP contribution is -2.36. The van der Waals surface area contributed by atoms with Gasteiger partial charge in [0, 0.05) is 37.3 Å². The maximum absolute atomic E-state index is 11.8. The molecule has 126 valence electrons. The van der Waals surface area contributed by atoms with Crippen molar-refractivity contribution in [2.24, 2.45) is 0 Å². The zero-order valence-corrected chi connectivity index (χ0v) is 13.8. The van der Waals surface area contributed by atoms with Gasteiger partial charge in [-0.1, -0.05) is 0 Å². The van der Waals surface area contributed by atoms with E-state index in [9.17, 15) is 18.0 Å². The smallest absolute Gasteiger partial charge is 0.222 e. The predicted molar refractivity (Wildman–Crippen MR) is 89.1 cm³/mol. The Morgan fingerprint density at radius 3 is 2.39 bits per heavy atom. The molecule has 0 aromatic heterocycles. The first-order chi connectivity index (χ1) is 10.8. The molecule has 1 heterocycles. The Labute approximate surface area is 135 Å². The van der Waals surface area contributed by atoms with E-state index in [2.05, 4.69) is 16.0 Å². The molecule has 23 heavy (non-hydrogen) atoms. The van der Waals surface area contributed by atoms with Gasteiger partial charge in [-0.25, -0.2) is 8.42 Å². The fraction of sp³-hybridized carbons (Fsp3) is 0.467. The molecule has 1 atom stereocenters. The van der Waals surface area contributed by atoms with E-state index in [-0.39, 0.29) is 35.8 Å². The minimum Gasteiger partial charge on any atom is -0.385 e. The van der Waals surface area contributed by atoms with Gasteiger partial charge in [0.05, 0.1) is 11.5 Å². The molecule has 2 rings (SSSR count). The topological polar surface area (TPSA) is 104 Å². The van der Waals surface area contributed by atoms with E-state index in [1.807, 2.05) is 12.1 Å². The molecule has 1 fully saturated rings. The molecular weight excluding hydrogens is 318 g/mol. The highest BCUT2D eigenvalue weighted by Gasteiger charge is 2.28. The molecule has 1 aliphatic heterocycles. The lowest BCUT2D eigenvalue weighted by atomic mass is 10.2. The normalized spacial score (nSPS) is 19.1. The molecule has 1 aromatic carbocycles. The van der Waals surface area contributed by atoms with Gasteiger partial charge in [0.1, 0.15) is 0 Å². The van der Waals surface area contributed by atoms with Crippen LogP contribution in [0.2, 0.25) is 0 Å². The second-order valence-electron chi connectivity index (χ2n) is 5.60. The molecule has 0 bridgehead atoms. The summed E-state index contributed by atoms with van der Waals surface area (Å²) in [6.45, 7) is 1.89. The maximum Gasteiger partial charge on any atom is 0.222 e. The summed E-state index contributed by atoms with van der Waals surface area (Å²) >= 11 is 0. The van der Waals surface area contributed by atoms with Crippen LogP contribution in [0.5, 0.6) is 0 Å². The second kappa shape index (κ2) is 7.45. The van der Waals surface area contributed by atoms with Crippen molar-refractivity contribution in [2.45, 2.75) is 25.8 Å². The first-order valence-electron chi connectivity index (χ1n) is 7.45. The van der Waals surface area contributed by atoms with Crippen molar-refractivity contribution >= 4 is 33.0 Å². The van der Waals surface area contributed by atoms with E-state index in [0.29, 0.717) is 18.7 Å². The summed E-state index contributed by atoms with van der Waals surface area (Å²) < 4.78 is 22.7. The van der Waals surface area contributed by atoms with Gasteiger partial charge in [-0.2, -0.15) is 0 Å². The molecule has 0 saturated carbocycles. The van der Waals surface area contributed by atoms with Gasteiger partial charge in [0.2, 0.25) is 11.8 Å². The summed E-state index contributed by atoms with van der Waals surface area (Å²) in [5, 5.41) is 8.52. The van der Waals surface area contributed by atoms with Crippen molar-refractivity contribution in [3.05, 3.63) is 24.3 Å². The van der Waals surface area contributed by atoms with E-state index < -0.39 is 9.84 Å². The number of carbonyl (C=O) groups excluding carboxylic acids is 2. The van der Waals surface area contributed by atoms with Gasteiger partial charge >= 0.3 is 0 Å². The largest absolute Gasteiger partial charge is 0.385 e. The number of rotatable bonds is 6. The molecule has 0 spiro atoms. The highest BCUT2D eigenvalue weighted by molar-refractivity contribution is 7.91. The molecular formula is C15H21N3O4S. The van der Waals surface area contributed by atoms with E-state index in [4.69, 9.17) is 0 Å². The Kier molecular flexibility index (Phi) is 5.59. The monoisotopic (exact) mass is 339 g/mol. The Hall–Kier alpha value is -2.09. The summed E-state index contributed by atoms with van der Waals surface area (Å²) in [5.74, 6) is -0.0982. The third-order valence-corrected chi connectivity index (χ3v) is 5.25. The van der Waals surface area contributed by atoms with Gasteiger partial charge in [0.25, 0.3) is 0 Å². The van der Waals surface area contributed by atoms with Crippen LogP contribution >= 0.6 is 0 Å². The van der Waals surface area contributed by atoms with Crippen LogP contribution in [0.25, 0.3) is 0 Å². The molecule has 3 N–H and O–H groups in total. The number of sulfone groups is 1. The molecule has 1 unspecified atom stereocenters. The predicted octanol–water partition coefficient (Wildman–Crippen LogP) is 0.750. The van der Waals surface area contributed by atoms with Crippen LogP contribution in [0.4, 0.5) is 11.4 Å². The van der Waals surface area contributed by atoms with E-state index in [1.165, 1.54) is 6.92 Å². The number of hydrogen-bond donors (Lipinski definition) is 3. The molecule has 0 aliphatic carbocycles. The number of hydrogen-bond acceptors (Lipinski definition) is 5. The first-order valence-corrected chi connectivity index (χ1v) is 9.27. The highest BCUT2D eigenvalue weighted by Crippen LogP contribution is 2.14. The molecule has 0 radical (unpaired) electrons. The number of benzene rings is 1. The summed E-state index contributed by atoms with van der Waals surface area (Å²) in [4.78, 5) is 22.7. The molecule has 8 heteroatoms. The number of nitrogens with one attached hydrogen (secondary N) is 3. The Morgan fingerprint density at radius 1 is 1.17 bits per heavy atom. The van der Waals surface area contributed by atoms with E-state index in [1.54, 1.807) is 12.1 Å². The van der Waals surface area contributed by atoms with Crippen molar-refractivity contribution in [2.75, 3.05) is 28.7 Å². The average molecular weight is 339 g/mol. The SMILES string of the molecule is CC(=O)Nc1ccc(NCCC(=O)NC2CCS(=O)(=O)C2)cc1. The van der Waals surface area contributed by atoms with E-state index in [0.717, 1.165) is 5.69 Å². The standard InChI is InChI=1S/C15H21N3O4S/c1-11(19)17-13-4-2-12(3-5-13)16-8-6-15(20)18-14-7-9-23(21,22)10-14/h2-5,14,16H,6-10H2,1H3,(H,17,19)(H,18,20). The van der Waals surface area contributed by atoms with Gasteiger partial charge in [-0.15, -0.1) is 0 Å². The van der Waals surface area contributed by atoms with E-state index >= 15 is 0 Å². The van der Waals surface area contributed by atoms with Crippen LogP contribution in [-0.4, -0.2) is 44.3 Å². The fourth-order valence-electron chi connectivity index (χ4n) is 2.40. The van der Waals surface area contributed by atoms with Crippen LogP contribution in [0.3, 0.4) is 0 Å². The van der Waals surface area contributed by atoms with Gasteiger partial charge < -0.3 is 16.0 Å². The molecule has 1 saturated heterocycles. The Morgan fingerprint density at radius 2 is 1.83 bits per heavy atom. The Bertz CT molecular complexity index is 670. The lowest BCUT2D eigenvalue weighted by molar-refractivity contribution is -0.121. The van der Waals surface area contributed by atoms with Crippen molar-refractivity contribution in [1.29, 1.82) is 0 Å².